The van der Waals surface area contributed by atoms with E-state index in [1.54, 1.807) is 0 Å². The van der Waals surface area contributed by atoms with Gasteiger partial charge in [-0.15, -0.1) is 6.42 Å². The van der Waals surface area contributed by atoms with Crippen molar-refractivity contribution < 1.29 is 9.53 Å². The summed E-state index contributed by atoms with van der Waals surface area (Å²) in [6.07, 6.45) is 4.65. The van der Waals surface area contributed by atoms with Gasteiger partial charge in [-0.2, -0.15) is 0 Å². The minimum atomic E-state index is -0.318. The molecule has 0 aromatic heterocycles. The summed E-state index contributed by atoms with van der Waals surface area (Å²) < 4.78 is 4.55. The van der Waals surface area contributed by atoms with Crippen LogP contribution in [0.2, 0.25) is 0 Å². The smallest absolute Gasteiger partial charge is 0.293 e. The van der Waals surface area contributed by atoms with E-state index < -0.39 is 0 Å². The molecule has 0 aliphatic carbocycles. The van der Waals surface area contributed by atoms with Gasteiger partial charge in [0.25, 0.3) is 6.47 Å². The number of carbonyl (C=O) groups excluding carboxylic acids is 1. The quantitative estimate of drug-likeness (QED) is 0.446. The highest BCUT2D eigenvalue weighted by Crippen LogP contribution is 2.02. The molecule has 0 fully saturated rings. The topological polar surface area (TPSA) is 52.3 Å². The van der Waals surface area contributed by atoms with Crippen LogP contribution in [0.4, 0.5) is 0 Å². The van der Waals surface area contributed by atoms with Crippen LogP contribution >= 0.6 is 0 Å². The van der Waals surface area contributed by atoms with Gasteiger partial charge in [-0.25, -0.2) is 0 Å². The van der Waals surface area contributed by atoms with Gasteiger partial charge in [-0.1, -0.05) is 5.92 Å². The van der Waals surface area contributed by atoms with Gasteiger partial charge in [0.15, 0.2) is 0 Å². The Balaban J connectivity index is 0. The summed E-state index contributed by atoms with van der Waals surface area (Å²) in [5.41, 5.74) is 4.47. The summed E-state index contributed by atoms with van der Waals surface area (Å²) in [6.45, 7) is 6.27. The van der Waals surface area contributed by atoms with Crippen molar-refractivity contribution in [1.29, 1.82) is 0 Å². The number of carbonyl (C=O) groups is 1. The zero-order valence-electron chi connectivity index (χ0n) is 7.26. The van der Waals surface area contributed by atoms with Gasteiger partial charge in [-0.05, 0) is 20.8 Å². The van der Waals surface area contributed by atoms with Crippen molar-refractivity contribution >= 4 is 6.47 Å². The highest BCUT2D eigenvalue weighted by atomic mass is 16.5. The van der Waals surface area contributed by atoms with Crippen molar-refractivity contribution in [1.82, 2.24) is 0 Å². The Morgan fingerprint density at radius 3 is 2.00 bits per heavy atom. The number of rotatable bonds is 1. The molecule has 64 valence electrons. The van der Waals surface area contributed by atoms with E-state index in [1.807, 2.05) is 20.8 Å². The van der Waals surface area contributed by atoms with Gasteiger partial charge in [0, 0.05) is 0 Å². The van der Waals surface area contributed by atoms with E-state index in [-0.39, 0.29) is 5.60 Å². The molecule has 0 aromatic rings. The Morgan fingerprint density at radius 1 is 1.64 bits per heavy atom. The molecule has 0 rings (SSSR count). The largest absolute Gasteiger partial charge is 0.462 e. The van der Waals surface area contributed by atoms with Crippen molar-refractivity contribution in [3.8, 4) is 12.3 Å². The van der Waals surface area contributed by atoms with Crippen LogP contribution in [0.5, 0.6) is 0 Å². The Labute approximate surface area is 67.9 Å². The summed E-state index contributed by atoms with van der Waals surface area (Å²) >= 11 is 0. The second-order valence-electron chi connectivity index (χ2n) is 2.73. The second kappa shape index (κ2) is 7.10. The number of hydrogen-bond acceptors (Lipinski definition) is 3. The SMILES string of the molecule is C#CCN.CC(C)(C)OC=O. The van der Waals surface area contributed by atoms with Crippen molar-refractivity contribution in [3.05, 3.63) is 0 Å². The third-order valence-electron chi connectivity index (χ3n) is 0.520. The Hall–Kier alpha value is -1.01. The maximum Gasteiger partial charge on any atom is 0.293 e. The molecule has 0 aliphatic rings. The van der Waals surface area contributed by atoms with Crippen molar-refractivity contribution in [2.75, 3.05) is 6.54 Å². The first kappa shape index (κ1) is 12.6. The van der Waals surface area contributed by atoms with E-state index in [0.29, 0.717) is 13.0 Å². The number of terminal acetylenes is 1. The standard InChI is InChI=1S/C5H10O2.C3H5N/c1-5(2,3)7-4-6;1-2-3-4/h4H,1-3H3;1H,3-4H2. The first-order valence-corrected chi connectivity index (χ1v) is 3.23. The highest BCUT2D eigenvalue weighted by Gasteiger charge is 2.07. The molecule has 0 atom stereocenters. The normalized spacial score (nSPS) is 8.64. The molecule has 0 saturated heterocycles. The molecule has 0 radical (unpaired) electrons. The average molecular weight is 157 g/mol. The van der Waals surface area contributed by atoms with Crippen LogP contribution in [0, 0.1) is 12.3 Å². The second-order valence-corrected chi connectivity index (χ2v) is 2.73. The zero-order valence-corrected chi connectivity index (χ0v) is 7.26. The summed E-state index contributed by atoms with van der Waals surface area (Å²) in [5.74, 6) is 2.21. The zero-order chi connectivity index (χ0) is 9.33. The van der Waals surface area contributed by atoms with Gasteiger partial charge in [0.1, 0.15) is 5.60 Å². The molecule has 0 saturated carbocycles. The van der Waals surface area contributed by atoms with Crippen molar-refractivity contribution in [2.24, 2.45) is 5.73 Å². The predicted octanol–water partition coefficient (Wildman–Crippen LogP) is 0.536. The lowest BCUT2D eigenvalue weighted by Gasteiger charge is -2.14. The molecule has 0 aliphatic heterocycles. The lowest BCUT2D eigenvalue weighted by atomic mass is 10.2. The molecule has 0 aromatic carbocycles. The lowest BCUT2D eigenvalue weighted by Crippen LogP contribution is -2.17. The summed E-state index contributed by atoms with van der Waals surface area (Å²) in [6, 6.07) is 0. The monoisotopic (exact) mass is 157 g/mol. The Kier molecular flexibility index (Phi) is 8.16. The van der Waals surface area contributed by atoms with Crippen LogP contribution in [-0.4, -0.2) is 18.6 Å². The van der Waals surface area contributed by atoms with E-state index in [2.05, 4.69) is 17.1 Å². The van der Waals surface area contributed by atoms with E-state index in [4.69, 9.17) is 5.73 Å². The maximum absolute atomic E-state index is 9.60. The van der Waals surface area contributed by atoms with Crippen molar-refractivity contribution in [3.63, 3.8) is 0 Å². The maximum atomic E-state index is 9.60. The van der Waals surface area contributed by atoms with Gasteiger partial charge >= 0.3 is 0 Å². The molecule has 3 heteroatoms. The van der Waals surface area contributed by atoms with E-state index in [9.17, 15) is 4.79 Å². The molecule has 2 N–H and O–H groups in total. The van der Waals surface area contributed by atoms with E-state index >= 15 is 0 Å². The van der Waals surface area contributed by atoms with Gasteiger partial charge in [-0.3, -0.25) is 4.79 Å². The van der Waals surface area contributed by atoms with Crippen molar-refractivity contribution in [2.45, 2.75) is 26.4 Å². The number of hydrogen-bond donors (Lipinski definition) is 1. The highest BCUT2D eigenvalue weighted by molar-refractivity contribution is 5.37. The van der Waals surface area contributed by atoms with E-state index in [1.165, 1.54) is 0 Å². The van der Waals surface area contributed by atoms with Crippen LogP contribution in [0.1, 0.15) is 20.8 Å². The predicted molar refractivity (Wildman–Crippen MR) is 44.8 cm³/mol. The Bertz CT molecular complexity index is 130. The summed E-state index contributed by atoms with van der Waals surface area (Å²) in [4.78, 5) is 9.60. The minimum Gasteiger partial charge on any atom is -0.462 e. The fourth-order valence-corrected chi connectivity index (χ4v) is 0.144. The number of ether oxygens (including phenoxy) is 1. The molecule has 11 heavy (non-hydrogen) atoms. The fraction of sp³-hybridized carbons (Fsp3) is 0.625. The van der Waals surface area contributed by atoms with Crippen LogP contribution in [0.3, 0.4) is 0 Å². The molecule has 0 amide bonds. The molecular weight excluding hydrogens is 142 g/mol. The average Bonchev–Trinajstić information content (AvgIpc) is 1.86. The van der Waals surface area contributed by atoms with Crippen LogP contribution in [-0.2, 0) is 9.53 Å². The van der Waals surface area contributed by atoms with Crippen LogP contribution < -0.4 is 5.73 Å². The van der Waals surface area contributed by atoms with Gasteiger partial charge in [0.2, 0.25) is 0 Å². The molecule has 0 unspecified atom stereocenters. The minimum absolute atomic E-state index is 0.318. The third kappa shape index (κ3) is 27.6. The lowest BCUT2D eigenvalue weighted by molar-refractivity contribution is -0.138. The van der Waals surface area contributed by atoms with Crippen LogP contribution in [0.15, 0.2) is 0 Å². The first-order valence-electron chi connectivity index (χ1n) is 3.23. The fourth-order valence-electron chi connectivity index (χ4n) is 0.144. The summed E-state index contributed by atoms with van der Waals surface area (Å²) in [5, 5.41) is 0. The number of nitrogens with two attached hydrogens (primary N) is 1. The van der Waals surface area contributed by atoms with Gasteiger partial charge in [0.05, 0.1) is 6.54 Å². The third-order valence-corrected chi connectivity index (χ3v) is 0.520. The van der Waals surface area contributed by atoms with Gasteiger partial charge < -0.3 is 10.5 Å². The summed E-state index contributed by atoms with van der Waals surface area (Å²) in [7, 11) is 0. The molecule has 0 heterocycles. The molecular formula is C8H15NO2. The molecule has 0 spiro atoms. The van der Waals surface area contributed by atoms with Crippen LogP contribution in [0.25, 0.3) is 0 Å². The molecule has 0 bridgehead atoms. The Morgan fingerprint density at radius 2 is 2.00 bits per heavy atom. The van der Waals surface area contributed by atoms with E-state index in [0.717, 1.165) is 0 Å². The first-order chi connectivity index (χ1) is 4.97. The molecule has 3 nitrogen and oxygen atoms in total.